The number of carboxylic acids is 1. The monoisotopic (exact) mass is 261 g/mol. The molecule has 1 heterocycles. The minimum absolute atomic E-state index is 0.0521. The number of ether oxygens (including phenoxy) is 1. The fourth-order valence-corrected chi connectivity index (χ4v) is 1.82. The van der Waals surface area contributed by atoms with Crippen molar-refractivity contribution >= 4 is 16.9 Å². The van der Waals surface area contributed by atoms with E-state index in [0.717, 1.165) is 10.9 Å². The van der Waals surface area contributed by atoms with Crippen LogP contribution in [0.1, 0.15) is 13.3 Å². The SMILES string of the molecule is CC(COc1ccc2[nH]c(=O)ccc2c1)CC(=O)O. The first-order valence-electron chi connectivity index (χ1n) is 6.02. The van der Waals surface area contributed by atoms with Crippen molar-refractivity contribution in [3.05, 3.63) is 40.7 Å². The highest BCUT2D eigenvalue weighted by Crippen LogP contribution is 2.19. The number of fused-ring (bicyclic) bond motifs is 1. The third-order valence-electron chi connectivity index (χ3n) is 2.75. The Balaban J connectivity index is 2.07. The van der Waals surface area contributed by atoms with Gasteiger partial charge in [-0.25, -0.2) is 0 Å². The van der Waals surface area contributed by atoms with E-state index >= 15 is 0 Å². The van der Waals surface area contributed by atoms with Crippen LogP contribution in [0.3, 0.4) is 0 Å². The summed E-state index contributed by atoms with van der Waals surface area (Å²) >= 11 is 0. The fraction of sp³-hybridized carbons (Fsp3) is 0.286. The van der Waals surface area contributed by atoms with E-state index in [9.17, 15) is 9.59 Å². The van der Waals surface area contributed by atoms with E-state index in [0.29, 0.717) is 12.4 Å². The molecule has 0 amide bonds. The van der Waals surface area contributed by atoms with E-state index in [1.54, 1.807) is 18.2 Å². The predicted molar refractivity (Wildman–Crippen MR) is 71.5 cm³/mol. The zero-order chi connectivity index (χ0) is 13.8. The molecular formula is C14H15NO4. The molecule has 0 bridgehead atoms. The molecule has 0 fully saturated rings. The predicted octanol–water partition coefficient (Wildman–Crippen LogP) is 2.02. The van der Waals surface area contributed by atoms with E-state index < -0.39 is 5.97 Å². The number of hydrogen-bond donors (Lipinski definition) is 2. The van der Waals surface area contributed by atoms with Gasteiger partial charge in [-0.1, -0.05) is 6.92 Å². The Morgan fingerprint density at radius 3 is 2.89 bits per heavy atom. The molecule has 19 heavy (non-hydrogen) atoms. The zero-order valence-corrected chi connectivity index (χ0v) is 10.6. The van der Waals surface area contributed by atoms with Crippen molar-refractivity contribution in [3.8, 4) is 5.75 Å². The number of aromatic nitrogens is 1. The lowest BCUT2D eigenvalue weighted by Gasteiger charge is -2.11. The number of pyridine rings is 1. The molecule has 1 aromatic carbocycles. The Hall–Kier alpha value is -2.30. The van der Waals surface area contributed by atoms with Crippen molar-refractivity contribution in [2.45, 2.75) is 13.3 Å². The summed E-state index contributed by atoms with van der Waals surface area (Å²) in [6, 6.07) is 8.53. The van der Waals surface area contributed by atoms with E-state index in [2.05, 4.69) is 4.98 Å². The van der Waals surface area contributed by atoms with Crippen molar-refractivity contribution in [2.24, 2.45) is 5.92 Å². The van der Waals surface area contributed by atoms with Gasteiger partial charge in [-0.15, -0.1) is 0 Å². The molecule has 5 heteroatoms. The van der Waals surface area contributed by atoms with Gasteiger partial charge in [-0.2, -0.15) is 0 Å². The molecule has 0 aliphatic rings. The van der Waals surface area contributed by atoms with E-state index in [4.69, 9.17) is 9.84 Å². The minimum Gasteiger partial charge on any atom is -0.493 e. The highest BCUT2D eigenvalue weighted by atomic mass is 16.5. The smallest absolute Gasteiger partial charge is 0.303 e. The number of hydrogen-bond acceptors (Lipinski definition) is 3. The summed E-state index contributed by atoms with van der Waals surface area (Å²) in [5.74, 6) is -0.215. The molecule has 0 aliphatic carbocycles. The number of H-pyrrole nitrogens is 1. The third-order valence-corrected chi connectivity index (χ3v) is 2.75. The van der Waals surface area contributed by atoms with Crippen LogP contribution in [0.5, 0.6) is 5.75 Å². The summed E-state index contributed by atoms with van der Waals surface area (Å²) in [4.78, 5) is 24.4. The molecule has 0 saturated carbocycles. The third kappa shape index (κ3) is 3.58. The lowest BCUT2D eigenvalue weighted by molar-refractivity contribution is -0.138. The Morgan fingerprint density at radius 2 is 2.16 bits per heavy atom. The van der Waals surface area contributed by atoms with Crippen LogP contribution in [0, 0.1) is 5.92 Å². The van der Waals surface area contributed by atoms with Crippen molar-refractivity contribution in [1.82, 2.24) is 4.98 Å². The molecule has 2 N–H and O–H groups in total. The molecule has 100 valence electrons. The van der Waals surface area contributed by atoms with Crippen molar-refractivity contribution in [3.63, 3.8) is 0 Å². The number of aliphatic carboxylic acids is 1. The van der Waals surface area contributed by atoms with Gasteiger partial charge >= 0.3 is 5.97 Å². The van der Waals surface area contributed by atoms with Crippen LogP contribution in [-0.4, -0.2) is 22.7 Å². The van der Waals surface area contributed by atoms with Gasteiger partial charge in [-0.3, -0.25) is 9.59 Å². The molecule has 2 aromatic rings. The Kier molecular flexibility index (Phi) is 3.85. The lowest BCUT2D eigenvalue weighted by atomic mass is 10.1. The van der Waals surface area contributed by atoms with Crippen LogP contribution in [0.25, 0.3) is 10.9 Å². The number of benzene rings is 1. The lowest BCUT2D eigenvalue weighted by Crippen LogP contribution is -2.13. The van der Waals surface area contributed by atoms with Gasteiger partial charge in [-0.05, 0) is 24.3 Å². The highest BCUT2D eigenvalue weighted by Gasteiger charge is 2.08. The molecule has 0 saturated heterocycles. The van der Waals surface area contributed by atoms with Gasteiger partial charge in [0.15, 0.2) is 0 Å². The zero-order valence-electron chi connectivity index (χ0n) is 10.6. The average Bonchev–Trinajstić information content (AvgIpc) is 2.35. The van der Waals surface area contributed by atoms with Crippen molar-refractivity contribution in [2.75, 3.05) is 6.61 Å². The normalized spacial score (nSPS) is 12.3. The Bertz CT molecular complexity index is 647. The molecule has 1 atom stereocenters. The van der Waals surface area contributed by atoms with Crippen LogP contribution in [0.4, 0.5) is 0 Å². The number of carbonyl (C=O) groups is 1. The summed E-state index contributed by atoms with van der Waals surface area (Å²) in [6.07, 6.45) is 0.0842. The second-order valence-corrected chi connectivity index (χ2v) is 4.59. The fourth-order valence-electron chi connectivity index (χ4n) is 1.82. The summed E-state index contributed by atoms with van der Waals surface area (Å²) in [6.45, 7) is 2.17. The maximum Gasteiger partial charge on any atom is 0.303 e. The molecular weight excluding hydrogens is 246 g/mol. The number of rotatable bonds is 5. The maximum absolute atomic E-state index is 11.1. The summed E-state index contributed by atoms with van der Waals surface area (Å²) < 4.78 is 5.55. The van der Waals surface area contributed by atoms with Crippen LogP contribution >= 0.6 is 0 Å². The summed E-state index contributed by atoms with van der Waals surface area (Å²) in [5, 5.41) is 9.54. The molecule has 5 nitrogen and oxygen atoms in total. The standard InChI is InChI=1S/C14H15NO4/c1-9(6-14(17)18)8-19-11-3-4-12-10(7-11)2-5-13(16)15-12/h2-5,7,9H,6,8H2,1H3,(H,15,16)(H,17,18). The van der Waals surface area contributed by atoms with Crippen LogP contribution in [0.15, 0.2) is 35.1 Å². The van der Waals surface area contributed by atoms with Crippen LogP contribution < -0.4 is 10.3 Å². The second-order valence-electron chi connectivity index (χ2n) is 4.59. The van der Waals surface area contributed by atoms with E-state index in [1.807, 2.05) is 13.0 Å². The van der Waals surface area contributed by atoms with Gasteiger partial charge in [0.2, 0.25) is 5.56 Å². The van der Waals surface area contributed by atoms with Gasteiger partial charge in [0, 0.05) is 22.9 Å². The first kappa shape index (κ1) is 13.1. The quantitative estimate of drug-likeness (QED) is 0.863. The first-order chi connectivity index (χ1) is 9.04. The maximum atomic E-state index is 11.1. The van der Waals surface area contributed by atoms with E-state index in [1.165, 1.54) is 6.07 Å². The van der Waals surface area contributed by atoms with Gasteiger partial charge in [0.1, 0.15) is 5.75 Å². The number of nitrogens with one attached hydrogen (secondary N) is 1. The summed E-state index contributed by atoms with van der Waals surface area (Å²) in [7, 11) is 0. The molecule has 0 aliphatic heterocycles. The van der Waals surface area contributed by atoms with Crippen molar-refractivity contribution < 1.29 is 14.6 Å². The van der Waals surface area contributed by atoms with Gasteiger partial charge < -0.3 is 14.8 Å². The molecule has 1 unspecified atom stereocenters. The molecule has 0 spiro atoms. The topological polar surface area (TPSA) is 79.4 Å². The van der Waals surface area contributed by atoms with Crippen molar-refractivity contribution in [1.29, 1.82) is 0 Å². The Morgan fingerprint density at radius 1 is 1.37 bits per heavy atom. The largest absolute Gasteiger partial charge is 0.493 e. The first-order valence-corrected chi connectivity index (χ1v) is 6.02. The molecule has 2 rings (SSSR count). The molecule has 1 aromatic heterocycles. The van der Waals surface area contributed by atoms with Gasteiger partial charge in [0.05, 0.1) is 13.0 Å². The second kappa shape index (κ2) is 5.56. The number of carboxylic acid groups (broad SMARTS) is 1. The van der Waals surface area contributed by atoms with Gasteiger partial charge in [0.25, 0.3) is 0 Å². The average molecular weight is 261 g/mol. The Labute approximate surface area is 109 Å². The van der Waals surface area contributed by atoms with Crippen LogP contribution in [0.2, 0.25) is 0 Å². The highest BCUT2D eigenvalue weighted by molar-refractivity contribution is 5.79. The van der Waals surface area contributed by atoms with Crippen LogP contribution in [-0.2, 0) is 4.79 Å². The number of aromatic amines is 1. The summed E-state index contributed by atoms with van der Waals surface area (Å²) in [5.41, 5.74) is 0.606. The van der Waals surface area contributed by atoms with E-state index in [-0.39, 0.29) is 17.9 Å². The minimum atomic E-state index is -0.827. The molecule has 0 radical (unpaired) electrons.